The fourth-order valence-corrected chi connectivity index (χ4v) is 3.36. The largest absolute Gasteiger partial charge is 0.356 e. The van der Waals surface area contributed by atoms with Crippen molar-refractivity contribution >= 4 is 5.91 Å². The van der Waals surface area contributed by atoms with Crippen LogP contribution in [-0.4, -0.2) is 50.1 Å². The van der Waals surface area contributed by atoms with Gasteiger partial charge in [-0.3, -0.25) is 4.79 Å². The fourth-order valence-electron chi connectivity index (χ4n) is 3.36. The predicted molar refractivity (Wildman–Crippen MR) is 82.7 cm³/mol. The molecule has 0 radical (unpaired) electrons. The van der Waals surface area contributed by atoms with Gasteiger partial charge in [0.25, 0.3) is 0 Å². The van der Waals surface area contributed by atoms with E-state index in [1.54, 1.807) is 0 Å². The standard InChI is InChI=1S/C16H31N3O/c1-14(13-19-9-3-2-4-10-19)12-18-16(20)11-15-5-7-17-8-6-15/h14-15,17H,2-13H2,1H3,(H,18,20). The lowest BCUT2D eigenvalue weighted by Gasteiger charge is -2.29. The van der Waals surface area contributed by atoms with Crippen LogP contribution in [0.15, 0.2) is 0 Å². The molecular formula is C16H31N3O. The first-order valence-electron chi connectivity index (χ1n) is 8.44. The van der Waals surface area contributed by atoms with Crippen molar-refractivity contribution in [2.45, 2.75) is 45.4 Å². The number of carbonyl (C=O) groups is 1. The van der Waals surface area contributed by atoms with Crippen LogP contribution in [0.5, 0.6) is 0 Å². The molecule has 2 aliphatic heterocycles. The molecule has 1 amide bonds. The third-order valence-electron chi connectivity index (χ3n) is 4.60. The minimum absolute atomic E-state index is 0.252. The average Bonchev–Trinajstić information content (AvgIpc) is 2.47. The van der Waals surface area contributed by atoms with E-state index in [4.69, 9.17) is 0 Å². The molecular weight excluding hydrogens is 250 g/mol. The van der Waals surface area contributed by atoms with Gasteiger partial charge < -0.3 is 15.5 Å². The molecule has 4 heteroatoms. The minimum Gasteiger partial charge on any atom is -0.356 e. The van der Waals surface area contributed by atoms with Gasteiger partial charge in [0, 0.05) is 19.5 Å². The van der Waals surface area contributed by atoms with Crippen molar-refractivity contribution in [3.63, 3.8) is 0 Å². The molecule has 0 spiro atoms. The third kappa shape index (κ3) is 5.80. The molecule has 4 nitrogen and oxygen atoms in total. The summed E-state index contributed by atoms with van der Waals surface area (Å²) >= 11 is 0. The van der Waals surface area contributed by atoms with Crippen LogP contribution >= 0.6 is 0 Å². The van der Waals surface area contributed by atoms with Crippen molar-refractivity contribution in [1.82, 2.24) is 15.5 Å². The lowest BCUT2D eigenvalue weighted by Crippen LogP contribution is -2.38. The van der Waals surface area contributed by atoms with Crippen LogP contribution in [0.2, 0.25) is 0 Å². The maximum absolute atomic E-state index is 12.0. The molecule has 2 fully saturated rings. The van der Waals surface area contributed by atoms with Crippen LogP contribution in [0.3, 0.4) is 0 Å². The normalized spacial score (nSPS) is 23.4. The van der Waals surface area contributed by atoms with Crippen LogP contribution in [0.4, 0.5) is 0 Å². The second kappa shape index (κ2) is 8.63. The molecule has 0 saturated carbocycles. The van der Waals surface area contributed by atoms with E-state index in [0.29, 0.717) is 11.8 Å². The topological polar surface area (TPSA) is 44.4 Å². The molecule has 2 heterocycles. The predicted octanol–water partition coefficient (Wildman–Crippen LogP) is 1.61. The van der Waals surface area contributed by atoms with Gasteiger partial charge in [0.05, 0.1) is 0 Å². The van der Waals surface area contributed by atoms with Crippen molar-refractivity contribution in [2.75, 3.05) is 39.3 Å². The van der Waals surface area contributed by atoms with E-state index in [0.717, 1.165) is 45.4 Å². The highest BCUT2D eigenvalue weighted by Crippen LogP contribution is 2.15. The number of likely N-dealkylation sites (tertiary alicyclic amines) is 1. The Kier molecular flexibility index (Phi) is 6.80. The number of hydrogen-bond acceptors (Lipinski definition) is 3. The van der Waals surface area contributed by atoms with Gasteiger partial charge >= 0.3 is 0 Å². The summed E-state index contributed by atoms with van der Waals surface area (Å²) in [5, 5.41) is 6.48. The van der Waals surface area contributed by atoms with Gasteiger partial charge in [-0.05, 0) is 63.7 Å². The minimum atomic E-state index is 0.252. The molecule has 2 aliphatic rings. The van der Waals surface area contributed by atoms with Crippen LogP contribution in [0.1, 0.15) is 45.4 Å². The number of hydrogen-bond donors (Lipinski definition) is 2. The Morgan fingerprint density at radius 3 is 2.65 bits per heavy atom. The van der Waals surface area contributed by atoms with Gasteiger partial charge in [-0.2, -0.15) is 0 Å². The van der Waals surface area contributed by atoms with Crippen LogP contribution in [0, 0.1) is 11.8 Å². The molecule has 116 valence electrons. The highest BCUT2D eigenvalue weighted by atomic mass is 16.1. The molecule has 0 aromatic carbocycles. The zero-order valence-electron chi connectivity index (χ0n) is 13.0. The Morgan fingerprint density at radius 1 is 1.25 bits per heavy atom. The fraction of sp³-hybridized carbons (Fsp3) is 0.938. The van der Waals surface area contributed by atoms with E-state index in [-0.39, 0.29) is 5.91 Å². The molecule has 0 aromatic heterocycles. The summed E-state index contributed by atoms with van der Waals surface area (Å²) in [5.41, 5.74) is 0. The number of amides is 1. The van der Waals surface area contributed by atoms with Crippen molar-refractivity contribution in [3.8, 4) is 0 Å². The Labute approximate surface area is 123 Å². The SMILES string of the molecule is CC(CNC(=O)CC1CCNCC1)CN1CCCCC1. The Morgan fingerprint density at radius 2 is 1.95 bits per heavy atom. The summed E-state index contributed by atoms with van der Waals surface area (Å²) in [6.07, 6.45) is 7.09. The summed E-state index contributed by atoms with van der Waals surface area (Å²) in [6.45, 7) is 8.85. The summed E-state index contributed by atoms with van der Waals surface area (Å²) in [5.74, 6) is 1.40. The van der Waals surface area contributed by atoms with E-state index in [2.05, 4.69) is 22.5 Å². The van der Waals surface area contributed by atoms with Crippen molar-refractivity contribution in [1.29, 1.82) is 0 Å². The second-order valence-electron chi connectivity index (χ2n) is 6.67. The van der Waals surface area contributed by atoms with E-state index < -0.39 is 0 Å². The monoisotopic (exact) mass is 281 g/mol. The quantitative estimate of drug-likeness (QED) is 0.777. The highest BCUT2D eigenvalue weighted by molar-refractivity contribution is 5.76. The summed E-state index contributed by atoms with van der Waals surface area (Å²) < 4.78 is 0. The molecule has 20 heavy (non-hydrogen) atoms. The molecule has 2 rings (SSSR count). The first-order chi connectivity index (χ1) is 9.74. The van der Waals surface area contributed by atoms with Gasteiger partial charge in [-0.25, -0.2) is 0 Å². The zero-order chi connectivity index (χ0) is 14.2. The Bertz CT molecular complexity index is 283. The van der Waals surface area contributed by atoms with Gasteiger partial charge in [-0.15, -0.1) is 0 Å². The van der Waals surface area contributed by atoms with Crippen LogP contribution in [-0.2, 0) is 4.79 Å². The van der Waals surface area contributed by atoms with Crippen molar-refractivity contribution in [2.24, 2.45) is 11.8 Å². The van der Waals surface area contributed by atoms with Crippen LogP contribution < -0.4 is 10.6 Å². The third-order valence-corrected chi connectivity index (χ3v) is 4.60. The Hall–Kier alpha value is -0.610. The zero-order valence-corrected chi connectivity index (χ0v) is 13.0. The van der Waals surface area contributed by atoms with Crippen molar-refractivity contribution < 1.29 is 4.79 Å². The van der Waals surface area contributed by atoms with Gasteiger partial charge in [0.15, 0.2) is 0 Å². The maximum atomic E-state index is 12.0. The molecule has 0 aliphatic carbocycles. The lowest BCUT2D eigenvalue weighted by atomic mass is 9.94. The highest BCUT2D eigenvalue weighted by Gasteiger charge is 2.18. The van der Waals surface area contributed by atoms with E-state index in [1.165, 1.54) is 32.4 Å². The summed E-state index contributed by atoms with van der Waals surface area (Å²) in [6, 6.07) is 0. The molecule has 1 atom stereocenters. The first-order valence-corrected chi connectivity index (χ1v) is 8.44. The molecule has 0 aromatic rings. The number of rotatable bonds is 6. The smallest absolute Gasteiger partial charge is 0.220 e. The van der Waals surface area contributed by atoms with Gasteiger partial charge in [-0.1, -0.05) is 13.3 Å². The molecule has 0 bridgehead atoms. The summed E-state index contributed by atoms with van der Waals surface area (Å²) in [7, 11) is 0. The molecule has 2 saturated heterocycles. The van der Waals surface area contributed by atoms with E-state index in [9.17, 15) is 4.79 Å². The maximum Gasteiger partial charge on any atom is 0.220 e. The summed E-state index contributed by atoms with van der Waals surface area (Å²) in [4.78, 5) is 14.5. The van der Waals surface area contributed by atoms with Gasteiger partial charge in [0.2, 0.25) is 5.91 Å². The lowest BCUT2D eigenvalue weighted by molar-refractivity contribution is -0.122. The van der Waals surface area contributed by atoms with E-state index >= 15 is 0 Å². The molecule has 2 N–H and O–H groups in total. The first kappa shape index (κ1) is 15.8. The number of nitrogens with zero attached hydrogens (tertiary/aromatic N) is 1. The average molecular weight is 281 g/mol. The Balaban J connectivity index is 1.57. The van der Waals surface area contributed by atoms with Gasteiger partial charge in [0.1, 0.15) is 0 Å². The number of nitrogens with one attached hydrogen (secondary N) is 2. The number of carbonyl (C=O) groups excluding carboxylic acids is 1. The number of piperidine rings is 2. The van der Waals surface area contributed by atoms with Crippen LogP contribution in [0.25, 0.3) is 0 Å². The van der Waals surface area contributed by atoms with E-state index in [1.807, 2.05) is 0 Å². The molecule has 1 unspecified atom stereocenters. The second-order valence-corrected chi connectivity index (χ2v) is 6.67. The van der Waals surface area contributed by atoms with Crippen molar-refractivity contribution in [3.05, 3.63) is 0 Å².